The van der Waals surface area contributed by atoms with Crippen LogP contribution < -0.4 is 25.1 Å². The lowest BCUT2D eigenvalue weighted by Crippen LogP contribution is -2.41. The number of carbonyl (C=O) groups excluding carboxylic acids is 1. The predicted molar refractivity (Wildman–Crippen MR) is 111 cm³/mol. The number of carboxylic acid groups (broad SMARTS) is 1. The van der Waals surface area contributed by atoms with Crippen LogP contribution in [0.5, 0.6) is 11.5 Å². The minimum absolute atomic E-state index is 0.0570. The Bertz CT molecular complexity index is 1220. The molecule has 0 aliphatic carbocycles. The molecule has 1 aromatic heterocycles. The molecule has 4 rings (SSSR count). The third kappa shape index (κ3) is 4.33. The van der Waals surface area contributed by atoms with E-state index in [0.717, 1.165) is 13.2 Å². The van der Waals surface area contributed by atoms with E-state index in [9.17, 15) is 27.6 Å². The number of halogens is 4. The minimum Gasteiger partial charge on any atom is -0.492 e. The summed E-state index contributed by atoms with van der Waals surface area (Å²) in [5.41, 5.74) is -1.79. The number of alkyl halides is 3. The van der Waals surface area contributed by atoms with E-state index >= 15 is 4.39 Å². The lowest BCUT2D eigenvalue weighted by atomic mass is 9.77. The average Bonchev–Trinajstić information content (AvgIpc) is 3.10. The number of amides is 1. The Morgan fingerprint density at radius 3 is 2.47 bits per heavy atom. The number of methoxy groups -OCH3 is 1. The highest BCUT2D eigenvalue weighted by molar-refractivity contribution is 5.92. The third-order valence-corrected chi connectivity index (χ3v) is 6.30. The van der Waals surface area contributed by atoms with Gasteiger partial charge < -0.3 is 29.4 Å². The summed E-state index contributed by atoms with van der Waals surface area (Å²) in [6, 6.07) is 0.766. The summed E-state index contributed by atoms with van der Waals surface area (Å²) < 4.78 is 65.5. The van der Waals surface area contributed by atoms with Crippen LogP contribution in [-0.2, 0) is 11.3 Å². The fourth-order valence-electron chi connectivity index (χ4n) is 4.74. The van der Waals surface area contributed by atoms with E-state index in [4.69, 9.17) is 9.84 Å². The molecule has 0 bridgehead atoms. The van der Waals surface area contributed by atoms with Gasteiger partial charge in [-0.3, -0.25) is 9.59 Å². The van der Waals surface area contributed by atoms with E-state index in [0.29, 0.717) is 49.7 Å². The number of nitrogens with one attached hydrogen (secondary N) is 1. The van der Waals surface area contributed by atoms with Crippen LogP contribution in [0, 0.1) is 11.2 Å². The van der Waals surface area contributed by atoms with Crippen molar-refractivity contribution >= 4 is 28.7 Å². The number of hydrogen-bond acceptors (Lipinski definition) is 6. The molecule has 13 heteroatoms. The molecule has 184 valence electrons. The van der Waals surface area contributed by atoms with Crippen molar-refractivity contribution in [1.29, 1.82) is 0 Å². The monoisotopic (exact) mass is 487 g/mol. The number of fused-ring (bicyclic) bond motifs is 1. The van der Waals surface area contributed by atoms with Crippen molar-refractivity contribution in [3.63, 3.8) is 0 Å². The van der Waals surface area contributed by atoms with Crippen molar-refractivity contribution in [3.8, 4) is 11.5 Å². The van der Waals surface area contributed by atoms with Crippen molar-refractivity contribution in [2.45, 2.75) is 32.0 Å². The Labute approximate surface area is 189 Å². The normalized spacial score (nSPS) is 17.8. The van der Waals surface area contributed by atoms with E-state index in [1.54, 1.807) is 4.90 Å². The van der Waals surface area contributed by atoms with Gasteiger partial charge in [0.2, 0.25) is 11.3 Å². The molecule has 0 radical (unpaired) electrons. The van der Waals surface area contributed by atoms with E-state index in [1.807, 2.05) is 0 Å². The zero-order valence-corrected chi connectivity index (χ0v) is 18.0. The maximum atomic E-state index is 15.3. The van der Waals surface area contributed by atoms with Crippen LogP contribution in [0.2, 0.25) is 0 Å². The molecule has 1 aromatic carbocycles. The summed E-state index contributed by atoms with van der Waals surface area (Å²) in [6.07, 6.45) is -4.57. The topological polar surface area (TPSA) is 110 Å². The molecule has 2 aliphatic rings. The SMILES string of the molecule is COc1c(N2CCC3(CC2)CNC(=O)C3)c(F)cc2c(=O)c(OC(=O)O)cn(CC(F)(F)F)c12. The summed E-state index contributed by atoms with van der Waals surface area (Å²) in [6.45, 7) is -0.457. The van der Waals surface area contributed by atoms with E-state index < -0.39 is 41.3 Å². The fourth-order valence-corrected chi connectivity index (χ4v) is 4.74. The molecule has 0 saturated carbocycles. The summed E-state index contributed by atoms with van der Waals surface area (Å²) in [7, 11) is 1.15. The maximum Gasteiger partial charge on any atom is 0.511 e. The molecule has 2 aromatic rings. The second-order valence-electron chi connectivity index (χ2n) is 8.51. The molecule has 3 heterocycles. The molecule has 0 unspecified atom stereocenters. The summed E-state index contributed by atoms with van der Waals surface area (Å²) in [4.78, 5) is 36.9. The number of piperidine rings is 1. The lowest BCUT2D eigenvalue weighted by molar-refractivity contribution is -0.140. The highest BCUT2D eigenvalue weighted by Gasteiger charge is 2.42. The van der Waals surface area contributed by atoms with Gasteiger partial charge in [-0.05, 0) is 24.3 Å². The molecule has 34 heavy (non-hydrogen) atoms. The van der Waals surface area contributed by atoms with Gasteiger partial charge >= 0.3 is 12.3 Å². The van der Waals surface area contributed by atoms with E-state index in [2.05, 4.69) is 10.1 Å². The minimum atomic E-state index is -4.75. The second-order valence-corrected chi connectivity index (χ2v) is 8.51. The van der Waals surface area contributed by atoms with Crippen molar-refractivity contribution in [2.75, 3.05) is 31.6 Å². The van der Waals surface area contributed by atoms with Crippen LogP contribution in [0.3, 0.4) is 0 Å². The highest BCUT2D eigenvalue weighted by Crippen LogP contribution is 2.44. The van der Waals surface area contributed by atoms with Crippen LogP contribution in [-0.4, -0.2) is 54.7 Å². The standard InChI is InChI=1S/C21H21F4N3O6/c1-33-18-15-11(17(30)13(34-19(31)32)8-28(15)10-21(23,24)25)6-12(22)16(18)27-4-2-20(3-5-27)7-14(29)26-9-20/h6,8H,2-5,7,9-10H2,1H3,(H,26,29)(H,31,32). The largest absolute Gasteiger partial charge is 0.511 e. The molecule has 1 spiro atoms. The molecule has 2 N–H and O–H groups in total. The van der Waals surface area contributed by atoms with Crippen LogP contribution in [0.15, 0.2) is 17.1 Å². The number of rotatable bonds is 4. The molecule has 9 nitrogen and oxygen atoms in total. The number of ether oxygens (including phenoxy) is 2. The second kappa shape index (κ2) is 8.37. The third-order valence-electron chi connectivity index (χ3n) is 6.30. The molecule has 1 amide bonds. The first kappa shape index (κ1) is 23.6. The van der Waals surface area contributed by atoms with Gasteiger partial charge in [-0.25, -0.2) is 9.18 Å². The van der Waals surface area contributed by atoms with Gasteiger partial charge in [-0.15, -0.1) is 0 Å². The lowest BCUT2D eigenvalue weighted by Gasteiger charge is -2.40. The van der Waals surface area contributed by atoms with Gasteiger partial charge in [0, 0.05) is 26.1 Å². The van der Waals surface area contributed by atoms with Crippen molar-refractivity contribution < 1.29 is 41.7 Å². The Morgan fingerprint density at radius 2 is 1.94 bits per heavy atom. The zero-order valence-electron chi connectivity index (χ0n) is 18.0. The first-order chi connectivity index (χ1) is 15.9. The Hall–Kier alpha value is -3.51. The quantitative estimate of drug-likeness (QED) is 0.504. The van der Waals surface area contributed by atoms with Gasteiger partial charge in [0.1, 0.15) is 12.2 Å². The number of hydrogen-bond donors (Lipinski definition) is 2. The number of nitrogens with zero attached hydrogens (tertiary/aromatic N) is 2. The molecule has 2 fully saturated rings. The molecule has 2 aliphatic heterocycles. The van der Waals surface area contributed by atoms with Crippen LogP contribution in [0.4, 0.5) is 28.0 Å². The summed E-state index contributed by atoms with van der Waals surface area (Å²) in [5.74, 6) is -2.14. The molecule has 2 saturated heterocycles. The van der Waals surface area contributed by atoms with Crippen LogP contribution in [0.1, 0.15) is 19.3 Å². The number of pyridine rings is 1. The molecular weight excluding hydrogens is 466 g/mol. The van der Waals surface area contributed by atoms with Crippen molar-refractivity contribution in [2.24, 2.45) is 5.41 Å². The predicted octanol–water partition coefficient (Wildman–Crippen LogP) is 2.87. The first-order valence-corrected chi connectivity index (χ1v) is 10.4. The van der Waals surface area contributed by atoms with Crippen molar-refractivity contribution in [3.05, 3.63) is 28.3 Å². The number of anilines is 1. The van der Waals surface area contributed by atoms with Gasteiger partial charge in [-0.2, -0.15) is 13.2 Å². The number of benzene rings is 1. The Kier molecular flexibility index (Phi) is 5.82. The summed E-state index contributed by atoms with van der Waals surface area (Å²) >= 11 is 0. The van der Waals surface area contributed by atoms with E-state index in [-0.39, 0.29) is 28.3 Å². The highest BCUT2D eigenvalue weighted by atomic mass is 19.4. The van der Waals surface area contributed by atoms with Gasteiger partial charge in [0.15, 0.2) is 17.3 Å². The van der Waals surface area contributed by atoms with Crippen molar-refractivity contribution in [1.82, 2.24) is 9.88 Å². The van der Waals surface area contributed by atoms with Gasteiger partial charge in [-0.1, -0.05) is 0 Å². The van der Waals surface area contributed by atoms with Gasteiger partial charge in [0.05, 0.1) is 24.2 Å². The van der Waals surface area contributed by atoms with Gasteiger partial charge in [0.25, 0.3) is 0 Å². The fraction of sp³-hybridized carbons (Fsp3) is 0.476. The maximum absolute atomic E-state index is 15.3. The first-order valence-electron chi connectivity index (χ1n) is 10.4. The van der Waals surface area contributed by atoms with Crippen LogP contribution in [0.25, 0.3) is 10.9 Å². The Balaban J connectivity index is 1.85. The Morgan fingerprint density at radius 1 is 1.26 bits per heavy atom. The molecular formula is C21H21F4N3O6. The zero-order chi connectivity index (χ0) is 24.8. The van der Waals surface area contributed by atoms with E-state index in [1.165, 1.54) is 0 Å². The number of aromatic nitrogens is 1. The smallest absolute Gasteiger partial charge is 0.492 e. The summed E-state index contributed by atoms with van der Waals surface area (Å²) in [5, 5.41) is 11.1. The average molecular weight is 487 g/mol. The molecule has 0 atom stereocenters. The van der Waals surface area contributed by atoms with Crippen LogP contribution >= 0.6 is 0 Å². The number of carbonyl (C=O) groups is 2.